The Morgan fingerprint density at radius 3 is 2.64 bits per heavy atom. The van der Waals surface area contributed by atoms with E-state index >= 15 is 0 Å². The van der Waals surface area contributed by atoms with Crippen molar-refractivity contribution in [2.45, 2.75) is 19.4 Å². The predicted octanol–water partition coefficient (Wildman–Crippen LogP) is 2.34. The van der Waals surface area contributed by atoms with E-state index in [4.69, 9.17) is 0 Å². The number of nitrogens with zero attached hydrogens (tertiary/aromatic N) is 3. The maximum absolute atomic E-state index is 12.7. The molecule has 2 aromatic carbocycles. The lowest BCUT2D eigenvalue weighted by Gasteiger charge is -2.30. The quantitative estimate of drug-likeness (QED) is 0.449. The van der Waals surface area contributed by atoms with Crippen LogP contribution in [0.3, 0.4) is 0 Å². The van der Waals surface area contributed by atoms with Gasteiger partial charge in [0.15, 0.2) is 0 Å². The van der Waals surface area contributed by atoms with Gasteiger partial charge >= 0.3 is 0 Å². The first kappa shape index (κ1) is 19.2. The van der Waals surface area contributed by atoms with Gasteiger partial charge in [-0.15, -0.1) is 0 Å². The molecule has 1 aliphatic heterocycles. The number of nitro groups is 1. The molecule has 0 spiro atoms. The van der Waals surface area contributed by atoms with Gasteiger partial charge in [0.1, 0.15) is 6.54 Å². The van der Waals surface area contributed by atoms with Gasteiger partial charge in [-0.05, 0) is 24.1 Å². The number of fused-ring (bicyclic) bond motifs is 1. The van der Waals surface area contributed by atoms with E-state index in [2.05, 4.69) is 0 Å². The second-order valence-corrected chi connectivity index (χ2v) is 6.65. The summed E-state index contributed by atoms with van der Waals surface area (Å²) >= 11 is 0. The standard InChI is InChI=1S/C20H19N3O5/c1-13(14-7-5-8-16(10-14)23(27)28)21(2)19(25)12-22-18(24)11-15-6-3-4-9-17(15)20(22)26/h3-10,13H,11-12H2,1-2H3/t13-/m0/s1. The molecule has 0 radical (unpaired) electrons. The molecule has 3 rings (SSSR count). The zero-order chi connectivity index (χ0) is 20.4. The summed E-state index contributed by atoms with van der Waals surface area (Å²) in [6.45, 7) is 1.36. The SMILES string of the molecule is C[C@@H](c1cccc([N+](=O)[O-])c1)N(C)C(=O)CN1C(=O)Cc2ccccc2C1=O. The van der Waals surface area contributed by atoms with Crippen LogP contribution in [0.25, 0.3) is 0 Å². The Balaban J connectivity index is 1.75. The van der Waals surface area contributed by atoms with Crippen molar-refractivity contribution in [3.63, 3.8) is 0 Å². The molecule has 2 aromatic rings. The molecule has 144 valence electrons. The van der Waals surface area contributed by atoms with Crippen LogP contribution in [-0.2, 0) is 16.0 Å². The monoisotopic (exact) mass is 381 g/mol. The summed E-state index contributed by atoms with van der Waals surface area (Å²) in [4.78, 5) is 50.4. The van der Waals surface area contributed by atoms with Crippen molar-refractivity contribution in [2.24, 2.45) is 0 Å². The van der Waals surface area contributed by atoms with Gasteiger partial charge < -0.3 is 4.90 Å². The number of hydrogen-bond donors (Lipinski definition) is 0. The van der Waals surface area contributed by atoms with Crippen molar-refractivity contribution >= 4 is 23.4 Å². The Labute approximate surface area is 161 Å². The van der Waals surface area contributed by atoms with Crippen molar-refractivity contribution in [2.75, 3.05) is 13.6 Å². The highest BCUT2D eigenvalue weighted by Crippen LogP contribution is 2.24. The van der Waals surface area contributed by atoms with E-state index in [1.807, 2.05) is 0 Å². The number of benzene rings is 2. The number of hydrogen-bond acceptors (Lipinski definition) is 5. The molecule has 8 nitrogen and oxygen atoms in total. The van der Waals surface area contributed by atoms with Crippen molar-refractivity contribution < 1.29 is 19.3 Å². The van der Waals surface area contributed by atoms with E-state index in [9.17, 15) is 24.5 Å². The smallest absolute Gasteiger partial charge is 0.269 e. The summed E-state index contributed by atoms with van der Waals surface area (Å²) < 4.78 is 0. The molecule has 3 amide bonds. The maximum atomic E-state index is 12.7. The second kappa shape index (κ2) is 7.59. The van der Waals surface area contributed by atoms with Gasteiger partial charge in [-0.25, -0.2) is 0 Å². The van der Waals surface area contributed by atoms with Gasteiger partial charge in [0.2, 0.25) is 11.8 Å². The molecule has 1 heterocycles. The van der Waals surface area contributed by atoms with Gasteiger partial charge in [0.25, 0.3) is 11.6 Å². The molecule has 0 saturated heterocycles. The van der Waals surface area contributed by atoms with E-state index in [1.54, 1.807) is 50.4 Å². The normalized spacial score (nSPS) is 14.4. The van der Waals surface area contributed by atoms with Crippen LogP contribution >= 0.6 is 0 Å². The van der Waals surface area contributed by atoms with Crippen LogP contribution < -0.4 is 0 Å². The molecule has 0 saturated carbocycles. The van der Waals surface area contributed by atoms with Crippen molar-refractivity contribution in [3.8, 4) is 0 Å². The Morgan fingerprint density at radius 1 is 1.21 bits per heavy atom. The molecule has 8 heteroatoms. The van der Waals surface area contributed by atoms with Crippen molar-refractivity contribution in [3.05, 3.63) is 75.3 Å². The topological polar surface area (TPSA) is 101 Å². The minimum atomic E-state index is -0.499. The molecule has 0 unspecified atom stereocenters. The summed E-state index contributed by atoms with van der Waals surface area (Å²) in [7, 11) is 1.54. The first-order valence-corrected chi connectivity index (χ1v) is 8.72. The van der Waals surface area contributed by atoms with Crippen molar-refractivity contribution in [1.29, 1.82) is 0 Å². The predicted molar refractivity (Wildman–Crippen MR) is 100 cm³/mol. The van der Waals surface area contributed by atoms with E-state index < -0.39 is 28.7 Å². The Bertz CT molecular complexity index is 972. The zero-order valence-corrected chi connectivity index (χ0v) is 15.5. The molecule has 0 aromatic heterocycles. The van der Waals surface area contributed by atoms with Crippen LogP contribution in [0.15, 0.2) is 48.5 Å². The molecule has 28 heavy (non-hydrogen) atoms. The summed E-state index contributed by atoms with van der Waals surface area (Å²) in [6, 6.07) is 12.4. The average Bonchev–Trinajstić information content (AvgIpc) is 2.69. The van der Waals surface area contributed by atoms with Gasteiger partial charge in [0.05, 0.1) is 17.4 Å². The van der Waals surface area contributed by atoms with Crippen LogP contribution in [0, 0.1) is 10.1 Å². The van der Waals surface area contributed by atoms with Crippen LogP contribution in [0.5, 0.6) is 0 Å². The number of likely N-dealkylation sites (N-methyl/N-ethyl adjacent to an activating group) is 1. The summed E-state index contributed by atoms with van der Waals surface area (Å²) in [6.07, 6.45) is 0.0688. The molecule has 1 atom stereocenters. The Morgan fingerprint density at radius 2 is 1.93 bits per heavy atom. The number of nitro benzene ring substituents is 1. The first-order valence-electron chi connectivity index (χ1n) is 8.72. The minimum absolute atomic E-state index is 0.0665. The highest BCUT2D eigenvalue weighted by Gasteiger charge is 2.33. The van der Waals surface area contributed by atoms with Gasteiger partial charge in [0, 0.05) is 24.7 Å². The number of rotatable bonds is 5. The van der Waals surface area contributed by atoms with Crippen molar-refractivity contribution in [1.82, 2.24) is 9.80 Å². The van der Waals surface area contributed by atoms with Crippen LogP contribution in [0.4, 0.5) is 5.69 Å². The van der Waals surface area contributed by atoms with Crippen LogP contribution in [-0.4, -0.2) is 46.0 Å². The van der Waals surface area contributed by atoms with Crippen LogP contribution in [0.1, 0.15) is 34.5 Å². The van der Waals surface area contributed by atoms with Crippen LogP contribution in [0.2, 0.25) is 0 Å². The number of amides is 3. The van der Waals surface area contributed by atoms with E-state index in [0.717, 1.165) is 4.90 Å². The molecule has 0 aliphatic carbocycles. The van der Waals surface area contributed by atoms with Gasteiger partial charge in [-0.3, -0.25) is 29.4 Å². The lowest BCUT2D eigenvalue weighted by molar-refractivity contribution is -0.384. The third-order valence-corrected chi connectivity index (χ3v) is 4.97. The fourth-order valence-electron chi connectivity index (χ4n) is 3.14. The van der Waals surface area contributed by atoms with Gasteiger partial charge in [-0.1, -0.05) is 30.3 Å². The summed E-state index contributed by atoms with van der Waals surface area (Å²) in [5.41, 5.74) is 1.60. The zero-order valence-electron chi connectivity index (χ0n) is 15.5. The number of carbonyl (C=O) groups excluding carboxylic acids is 3. The lowest BCUT2D eigenvalue weighted by Crippen LogP contribution is -2.48. The third kappa shape index (κ3) is 3.62. The largest absolute Gasteiger partial charge is 0.337 e. The fraction of sp³-hybridized carbons (Fsp3) is 0.250. The lowest BCUT2D eigenvalue weighted by atomic mass is 9.98. The first-order chi connectivity index (χ1) is 13.3. The molecule has 1 aliphatic rings. The highest BCUT2D eigenvalue weighted by molar-refractivity contribution is 6.11. The molecule has 0 fully saturated rings. The third-order valence-electron chi connectivity index (χ3n) is 4.97. The molecule has 0 bridgehead atoms. The van der Waals surface area contributed by atoms with E-state index in [1.165, 1.54) is 17.0 Å². The summed E-state index contributed by atoms with van der Waals surface area (Å²) in [5, 5.41) is 11.0. The average molecular weight is 381 g/mol. The summed E-state index contributed by atoms with van der Waals surface area (Å²) in [5.74, 6) is -1.34. The highest BCUT2D eigenvalue weighted by atomic mass is 16.6. The number of imide groups is 1. The molecular formula is C20H19N3O5. The number of carbonyl (C=O) groups is 3. The Hall–Kier alpha value is -3.55. The Kier molecular flexibility index (Phi) is 5.21. The second-order valence-electron chi connectivity index (χ2n) is 6.65. The van der Waals surface area contributed by atoms with Gasteiger partial charge in [-0.2, -0.15) is 0 Å². The molecule has 0 N–H and O–H groups in total. The van der Waals surface area contributed by atoms with E-state index in [0.29, 0.717) is 16.7 Å². The molecular weight excluding hydrogens is 362 g/mol. The maximum Gasteiger partial charge on any atom is 0.269 e. The number of non-ortho nitro benzene ring substituents is 1. The minimum Gasteiger partial charge on any atom is -0.337 e. The van der Waals surface area contributed by atoms with E-state index in [-0.39, 0.29) is 18.7 Å². The fourth-order valence-corrected chi connectivity index (χ4v) is 3.14.